The van der Waals surface area contributed by atoms with Gasteiger partial charge < -0.3 is 48.5 Å². The van der Waals surface area contributed by atoms with E-state index in [1.165, 1.54) is 15.8 Å². The summed E-state index contributed by atoms with van der Waals surface area (Å²) in [5, 5.41) is 13.4. The van der Waals surface area contributed by atoms with Crippen molar-refractivity contribution in [2.45, 2.75) is 68.6 Å². The highest BCUT2D eigenvalue weighted by Gasteiger charge is 2.53. The number of nitrogens with one attached hydrogen (secondary N) is 2. The molecule has 28 heteroatoms. The summed E-state index contributed by atoms with van der Waals surface area (Å²) in [6, 6.07) is 9.17. The van der Waals surface area contributed by atoms with Gasteiger partial charge in [0.15, 0.2) is 47.1 Å². The zero-order valence-electron chi connectivity index (χ0n) is 32.1. The number of fused-ring (bicyclic) bond motifs is 5. The van der Waals surface area contributed by atoms with E-state index >= 15 is 4.39 Å². The Morgan fingerprint density at radius 1 is 1.06 bits per heavy atom. The van der Waals surface area contributed by atoms with E-state index in [-0.39, 0.29) is 48.6 Å². The summed E-state index contributed by atoms with van der Waals surface area (Å²) in [5.41, 5.74) is -0.116. The molecule has 0 radical (unpaired) electrons. The highest BCUT2D eigenvalue weighted by molar-refractivity contribution is 8.44. The van der Waals surface area contributed by atoms with Gasteiger partial charge in [-0.15, -0.1) is 0 Å². The summed E-state index contributed by atoms with van der Waals surface area (Å²) in [5.74, 6) is -1.45. The van der Waals surface area contributed by atoms with E-state index < -0.39 is 105 Å². The maximum atomic E-state index is 16.5. The van der Waals surface area contributed by atoms with Crippen LogP contribution in [0.1, 0.15) is 30.9 Å². The maximum absolute atomic E-state index is 16.5. The van der Waals surface area contributed by atoms with Crippen molar-refractivity contribution in [3.63, 3.8) is 0 Å². The van der Waals surface area contributed by atoms with Gasteiger partial charge >= 0.3 is 19.6 Å². The first-order chi connectivity index (χ1) is 29.6. The summed E-state index contributed by atoms with van der Waals surface area (Å²) >= 11 is 9.28. The molecule has 3 fully saturated rings. The number of ether oxygens (including phenoxy) is 3. The van der Waals surface area contributed by atoms with Crippen molar-refractivity contribution in [3.05, 3.63) is 77.2 Å². The van der Waals surface area contributed by atoms with Crippen LogP contribution in [0.4, 0.5) is 19.4 Å². The molecule has 62 heavy (non-hydrogen) atoms. The van der Waals surface area contributed by atoms with Crippen molar-refractivity contribution in [1.82, 2.24) is 39.0 Å². The Labute approximate surface area is 358 Å². The minimum Gasteiger partial charge on any atom is -0.445 e. The molecule has 3 saturated heterocycles. The zero-order chi connectivity index (χ0) is 43.9. The molecule has 10 atom stereocenters. The number of aromatic nitrogens is 7. The second-order valence-electron chi connectivity index (χ2n) is 14.2. The molecule has 332 valence electrons. The number of anilines is 1. The lowest BCUT2D eigenvalue weighted by Gasteiger charge is -2.27. The number of hydrogen-bond acceptors (Lipinski definition) is 17. The van der Waals surface area contributed by atoms with Crippen molar-refractivity contribution in [2.24, 2.45) is 0 Å². The first-order valence-corrected chi connectivity index (χ1v) is 23.9. The Bertz CT molecular complexity index is 2630. The van der Waals surface area contributed by atoms with Crippen molar-refractivity contribution >= 4 is 77.6 Å². The number of hydrogen-bond donors (Lipinski definition) is 5. The van der Waals surface area contributed by atoms with E-state index in [0.29, 0.717) is 0 Å². The van der Waals surface area contributed by atoms with E-state index in [1.807, 2.05) is 30.3 Å². The van der Waals surface area contributed by atoms with Gasteiger partial charge in [-0.25, -0.2) is 38.1 Å². The summed E-state index contributed by atoms with van der Waals surface area (Å²) in [6.07, 6.45) is -9.32. The normalized spacial score (nSPS) is 30.3. The third kappa shape index (κ3) is 9.32. The average Bonchev–Trinajstić information content (AvgIpc) is 3.98. The number of nitrogens with zero attached hydrogens (tertiary/aromatic N) is 7. The number of halogens is 2. The van der Waals surface area contributed by atoms with Crippen LogP contribution < -0.4 is 10.9 Å². The fourth-order valence-corrected chi connectivity index (χ4v) is 9.94. The topological polar surface area (TPSA) is 266 Å². The van der Waals surface area contributed by atoms with Gasteiger partial charge in [0.05, 0.1) is 25.9 Å². The van der Waals surface area contributed by atoms with E-state index in [4.69, 9.17) is 44.1 Å². The van der Waals surface area contributed by atoms with Crippen molar-refractivity contribution in [1.29, 1.82) is 0 Å². The lowest BCUT2D eigenvalue weighted by atomic mass is 10.1. The number of aliphatic hydroxyl groups is 1. The number of benzene rings is 1. The molecule has 2 amide bonds. The number of amides is 2. The molecule has 8 rings (SSSR count). The average molecular weight is 944 g/mol. The van der Waals surface area contributed by atoms with Gasteiger partial charge in [-0.2, -0.15) is 0 Å². The minimum atomic E-state index is -4.54. The second-order valence-corrected chi connectivity index (χ2v) is 19.9. The van der Waals surface area contributed by atoms with Gasteiger partial charge in [0, 0.05) is 26.2 Å². The summed E-state index contributed by atoms with van der Waals surface area (Å²) < 4.78 is 86.8. The highest BCUT2D eigenvalue weighted by atomic mass is 32.7. The number of imidazole rings is 1. The van der Waals surface area contributed by atoms with Crippen molar-refractivity contribution in [2.75, 3.05) is 32.1 Å². The molecule has 2 unspecified atom stereocenters. The zero-order valence-corrected chi connectivity index (χ0v) is 35.6. The number of rotatable bonds is 9. The Hall–Kier alpha value is -4.30. The van der Waals surface area contributed by atoms with Gasteiger partial charge in [0.25, 0.3) is 5.56 Å². The predicted octanol–water partition coefficient (Wildman–Crippen LogP) is 3.26. The first kappa shape index (κ1) is 44.3. The smallest absolute Gasteiger partial charge is 0.409 e. The van der Waals surface area contributed by atoms with Crippen LogP contribution in [0.3, 0.4) is 0 Å². The molecule has 0 spiro atoms. The summed E-state index contributed by atoms with van der Waals surface area (Å²) in [7, 11) is 1.55. The molecule has 5 aromatic rings. The van der Waals surface area contributed by atoms with Crippen LogP contribution in [-0.4, -0.2) is 124 Å². The molecule has 7 heterocycles. The molecule has 22 nitrogen and oxygen atoms in total. The van der Waals surface area contributed by atoms with Crippen LogP contribution in [0.5, 0.6) is 0 Å². The molecule has 0 aliphatic carbocycles. The van der Waals surface area contributed by atoms with Crippen molar-refractivity contribution < 1.29 is 65.2 Å². The SMILES string of the molecule is CN(CCCC(=O)Nc1ncnc2c1ncn2[C@@H]1O[C@@H]2COP(O)(=S)O[C@@H]3[C@H](O)[C@@H](COP(=O)(S)O[C@H]2[C@H]1F)O[C@H]3n1cc(F)c2c(=O)[nH]cnc21)C(=O)OCc1ccccc1. The lowest BCUT2D eigenvalue weighted by Crippen LogP contribution is -2.35. The highest BCUT2D eigenvalue weighted by Crippen LogP contribution is 2.58. The minimum absolute atomic E-state index is 0.00753. The molecule has 4 N–H and O–H groups in total. The van der Waals surface area contributed by atoms with Crippen LogP contribution >= 0.6 is 25.8 Å². The largest absolute Gasteiger partial charge is 0.445 e. The quantitative estimate of drug-likeness (QED) is 0.105. The van der Waals surface area contributed by atoms with Gasteiger partial charge in [-0.1, -0.05) is 42.6 Å². The number of aromatic amines is 1. The number of aliphatic hydroxyl groups excluding tert-OH is 1. The molecule has 1 aromatic carbocycles. The Morgan fingerprint density at radius 3 is 2.61 bits per heavy atom. The fraction of sp³-hybridized carbons (Fsp3) is 0.441. The number of H-pyrrole nitrogens is 1. The Kier molecular flexibility index (Phi) is 12.9. The molecule has 4 aromatic heterocycles. The van der Waals surface area contributed by atoms with Crippen LogP contribution in [0, 0.1) is 5.82 Å². The molecule has 3 aliphatic rings. The predicted molar refractivity (Wildman–Crippen MR) is 216 cm³/mol. The number of carbonyl (C=O) groups is 2. The molecule has 3 aliphatic heterocycles. The maximum Gasteiger partial charge on any atom is 0.409 e. The van der Waals surface area contributed by atoms with E-state index in [9.17, 15) is 33.3 Å². The molecular formula is C34H37F2N9O13P2S2. The van der Waals surface area contributed by atoms with Gasteiger partial charge in [0.2, 0.25) is 5.91 Å². The number of alkyl halides is 1. The van der Waals surface area contributed by atoms with E-state index in [2.05, 4.69) is 42.5 Å². The summed E-state index contributed by atoms with van der Waals surface area (Å²) in [4.78, 5) is 69.1. The first-order valence-electron chi connectivity index (χ1n) is 18.7. The van der Waals surface area contributed by atoms with E-state index in [1.54, 1.807) is 7.05 Å². The monoisotopic (exact) mass is 943 g/mol. The standard InChI is InChI=1S/C34H37F2N9O13P2S2/c1-43(34(49)52-11-17-6-3-2-4-7-17)9-5-8-21(46)42-28-24-30(39-14-37-28)45(16-41-24)32-23(36)26-20(56-32)13-54-60(51,62)58-27-25(47)19(12-53-59(50,61)57-26)55-33(27)44-10-18(35)22-29(44)38-15-40-31(22)48/h2-4,6-7,10,14-16,19-20,23,25-27,32-33,47H,5,8-9,11-13H2,1H3,(H,50,61)(H,51,62)(H,38,40,48)(H,37,39,42,46)/t19-,20-,23-,25-,26-,27-,32-,33-,59?,60?/m1/s1. The van der Waals surface area contributed by atoms with Crippen LogP contribution in [0.25, 0.3) is 22.2 Å². The molecule has 2 bridgehead atoms. The molecular weight excluding hydrogens is 907 g/mol. The fourth-order valence-electron chi connectivity index (χ4n) is 7.04. The van der Waals surface area contributed by atoms with Gasteiger partial charge in [0.1, 0.15) is 48.8 Å². The van der Waals surface area contributed by atoms with Crippen LogP contribution in [-0.2, 0) is 60.1 Å². The Morgan fingerprint density at radius 2 is 1.82 bits per heavy atom. The summed E-state index contributed by atoms with van der Waals surface area (Å²) in [6.45, 7) is -10.1. The van der Waals surface area contributed by atoms with Crippen LogP contribution in [0.2, 0.25) is 0 Å². The molecule has 0 saturated carbocycles. The Balaban J connectivity index is 0.950. The third-order valence-electron chi connectivity index (χ3n) is 10.0. The van der Waals surface area contributed by atoms with Gasteiger partial charge in [-0.05, 0) is 23.8 Å². The number of carbonyl (C=O) groups excluding carboxylic acids is 2. The second kappa shape index (κ2) is 18.1. The van der Waals surface area contributed by atoms with E-state index in [0.717, 1.165) is 29.0 Å². The van der Waals surface area contributed by atoms with Crippen molar-refractivity contribution in [3.8, 4) is 0 Å². The van der Waals surface area contributed by atoms with Crippen LogP contribution in [0.15, 0.2) is 60.3 Å². The third-order valence-corrected chi connectivity index (χ3v) is 13.2. The number of thiol groups is 1. The van der Waals surface area contributed by atoms with Gasteiger partial charge in [-0.3, -0.25) is 27.7 Å². The lowest BCUT2D eigenvalue weighted by molar-refractivity contribution is -0.116.